The van der Waals surface area contributed by atoms with Crippen molar-refractivity contribution in [3.8, 4) is 11.8 Å². The highest BCUT2D eigenvalue weighted by atomic mass is 19.1. The number of nitrogens with zero attached hydrogens (tertiary/aromatic N) is 1. The standard InChI is InChI=1S/C29H40FNO3/c1-2-20-3-7-22(8-4-20)23-9-5-21(6-10-23)19-33-26-14-11-24(12-15-26)29(32)34-27-16-13-25(18-31)28(30)17-27/h13,16-17,20-24,26H,2-12,14-15,19H2,1H3. The molecule has 0 aromatic heterocycles. The zero-order chi connectivity index (χ0) is 23.9. The number of nitriles is 1. The van der Waals surface area contributed by atoms with Crippen molar-refractivity contribution in [3.63, 3.8) is 0 Å². The van der Waals surface area contributed by atoms with E-state index in [-0.39, 0.29) is 29.3 Å². The molecular formula is C29H40FNO3. The van der Waals surface area contributed by atoms with Crippen molar-refractivity contribution in [2.24, 2.45) is 29.6 Å². The molecule has 4 nitrogen and oxygen atoms in total. The zero-order valence-corrected chi connectivity index (χ0v) is 20.6. The lowest BCUT2D eigenvalue weighted by Gasteiger charge is -2.38. The molecule has 1 aromatic carbocycles. The van der Waals surface area contributed by atoms with E-state index in [0.29, 0.717) is 5.92 Å². The largest absolute Gasteiger partial charge is 0.426 e. The predicted octanol–water partition coefficient (Wildman–Crippen LogP) is 7.20. The summed E-state index contributed by atoms with van der Waals surface area (Å²) in [6.45, 7) is 3.20. The predicted molar refractivity (Wildman–Crippen MR) is 130 cm³/mol. The first-order chi connectivity index (χ1) is 16.6. The molecule has 5 heteroatoms. The minimum absolute atomic E-state index is 0.0509. The molecule has 3 saturated carbocycles. The van der Waals surface area contributed by atoms with Crippen LogP contribution in [0.4, 0.5) is 4.39 Å². The van der Waals surface area contributed by atoms with Gasteiger partial charge in [-0.05, 0) is 100 Å². The lowest BCUT2D eigenvalue weighted by atomic mass is 9.69. The first-order valence-electron chi connectivity index (χ1n) is 13.6. The molecule has 3 fully saturated rings. The van der Waals surface area contributed by atoms with Crippen LogP contribution in [0.2, 0.25) is 0 Å². The monoisotopic (exact) mass is 469 g/mol. The van der Waals surface area contributed by atoms with Crippen LogP contribution in [-0.4, -0.2) is 18.7 Å². The summed E-state index contributed by atoms with van der Waals surface area (Å²) in [5, 5.41) is 8.82. The quantitative estimate of drug-likeness (QED) is 0.313. The van der Waals surface area contributed by atoms with Gasteiger partial charge in [0.15, 0.2) is 0 Å². The van der Waals surface area contributed by atoms with Crippen molar-refractivity contribution < 1.29 is 18.7 Å². The van der Waals surface area contributed by atoms with E-state index in [2.05, 4.69) is 6.92 Å². The van der Waals surface area contributed by atoms with Gasteiger partial charge in [0.2, 0.25) is 0 Å². The Labute approximate surface area is 204 Å². The lowest BCUT2D eigenvalue weighted by Crippen LogP contribution is -2.31. The van der Waals surface area contributed by atoms with Crippen LogP contribution in [0.1, 0.15) is 96.0 Å². The maximum absolute atomic E-state index is 13.7. The number of rotatable bonds is 7. The first kappa shape index (κ1) is 25.2. The van der Waals surface area contributed by atoms with Crippen LogP contribution in [0.25, 0.3) is 0 Å². The molecule has 0 aliphatic heterocycles. The highest BCUT2D eigenvalue weighted by molar-refractivity contribution is 5.75. The number of hydrogen-bond acceptors (Lipinski definition) is 4. The average molecular weight is 470 g/mol. The van der Waals surface area contributed by atoms with E-state index >= 15 is 0 Å². The molecule has 0 heterocycles. The van der Waals surface area contributed by atoms with Crippen molar-refractivity contribution in [2.45, 2.75) is 96.5 Å². The van der Waals surface area contributed by atoms with Crippen LogP contribution in [0.5, 0.6) is 5.75 Å². The molecule has 0 N–H and O–H groups in total. The second-order valence-electron chi connectivity index (χ2n) is 11.0. The van der Waals surface area contributed by atoms with Gasteiger partial charge in [-0.2, -0.15) is 5.26 Å². The summed E-state index contributed by atoms with van der Waals surface area (Å²) < 4.78 is 25.4. The van der Waals surface area contributed by atoms with Gasteiger partial charge >= 0.3 is 5.97 Å². The van der Waals surface area contributed by atoms with Crippen LogP contribution in [0, 0.1) is 46.7 Å². The first-order valence-corrected chi connectivity index (χ1v) is 13.6. The molecule has 4 rings (SSSR count). The summed E-state index contributed by atoms with van der Waals surface area (Å²) >= 11 is 0. The van der Waals surface area contributed by atoms with Gasteiger partial charge in [0.05, 0.1) is 17.6 Å². The Kier molecular flexibility index (Phi) is 9.00. The van der Waals surface area contributed by atoms with Crippen LogP contribution in [-0.2, 0) is 9.53 Å². The topological polar surface area (TPSA) is 59.3 Å². The van der Waals surface area contributed by atoms with Gasteiger partial charge in [0.25, 0.3) is 0 Å². The summed E-state index contributed by atoms with van der Waals surface area (Å²) in [6.07, 6.45) is 16.0. The molecule has 0 bridgehead atoms. The highest BCUT2D eigenvalue weighted by Gasteiger charge is 2.32. The fourth-order valence-electron chi connectivity index (χ4n) is 6.48. The molecule has 0 atom stereocenters. The minimum Gasteiger partial charge on any atom is -0.426 e. The normalized spacial score (nSPS) is 32.0. The Morgan fingerprint density at radius 3 is 2.12 bits per heavy atom. The molecule has 34 heavy (non-hydrogen) atoms. The van der Waals surface area contributed by atoms with Gasteiger partial charge in [-0.25, -0.2) is 4.39 Å². The molecule has 0 unspecified atom stereocenters. The third-order valence-electron chi connectivity index (χ3n) is 8.88. The molecular weight excluding hydrogens is 429 g/mol. The zero-order valence-electron chi connectivity index (χ0n) is 20.6. The molecule has 0 amide bonds. The molecule has 3 aliphatic rings. The van der Waals surface area contributed by atoms with Gasteiger partial charge in [-0.1, -0.05) is 26.2 Å². The van der Waals surface area contributed by atoms with E-state index in [1.165, 1.54) is 69.9 Å². The van der Waals surface area contributed by atoms with Crippen molar-refractivity contribution in [2.75, 3.05) is 6.61 Å². The van der Waals surface area contributed by atoms with E-state index in [0.717, 1.165) is 56.1 Å². The molecule has 0 saturated heterocycles. The Bertz CT molecular complexity index is 841. The Hall–Kier alpha value is -1.93. The number of ether oxygens (including phenoxy) is 2. The fraction of sp³-hybridized carbons (Fsp3) is 0.724. The van der Waals surface area contributed by atoms with Crippen LogP contribution in [0.15, 0.2) is 18.2 Å². The summed E-state index contributed by atoms with van der Waals surface area (Å²) in [5.41, 5.74) is -0.0509. The highest BCUT2D eigenvalue weighted by Crippen LogP contribution is 2.42. The number of hydrogen-bond donors (Lipinski definition) is 0. The number of halogens is 1. The average Bonchev–Trinajstić information content (AvgIpc) is 2.88. The van der Waals surface area contributed by atoms with Crippen molar-refractivity contribution in [1.82, 2.24) is 0 Å². The SMILES string of the molecule is CCC1CCC(C2CCC(COC3CCC(C(=O)Oc4ccc(C#N)c(F)c4)CC3)CC2)CC1. The van der Waals surface area contributed by atoms with Gasteiger partial charge in [-0.15, -0.1) is 0 Å². The summed E-state index contributed by atoms with van der Waals surface area (Å²) in [4.78, 5) is 12.5. The van der Waals surface area contributed by atoms with Crippen molar-refractivity contribution in [1.29, 1.82) is 5.26 Å². The van der Waals surface area contributed by atoms with Gasteiger partial charge in [-0.3, -0.25) is 4.79 Å². The third kappa shape index (κ3) is 6.60. The number of carbonyl (C=O) groups excluding carboxylic acids is 1. The molecule has 186 valence electrons. The maximum atomic E-state index is 13.7. The smallest absolute Gasteiger partial charge is 0.314 e. The van der Waals surface area contributed by atoms with E-state index in [1.807, 2.05) is 0 Å². The molecule has 3 aliphatic carbocycles. The summed E-state index contributed by atoms with van der Waals surface area (Å²) in [6, 6.07) is 5.69. The molecule has 0 radical (unpaired) electrons. The Morgan fingerprint density at radius 1 is 0.941 bits per heavy atom. The molecule has 1 aromatic rings. The van der Waals surface area contributed by atoms with E-state index in [1.54, 1.807) is 6.07 Å². The molecule has 0 spiro atoms. The van der Waals surface area contributed by atoms with Crippen LogP contribution >= 0.6 is 0 Å². The summed E-state index contributed by atoms with van der Waals surface area (Å²) in [7, 11) is 0. The Balaban J connectivity index is 1.12. The third-order valence-corrected chi connectivity index (χ3v) is 8.88. The summed E-state index contributed by atoms with van der Waals surface area (Å²) in [5.74, 6) is 2.61. The maximum Gasteiger partial charge on any atom is 0.314 e. The van der Waals surface area contributed by atoms with Crippen molar-refractivity contribution >= 4 is 5.97 Å². The number of esters is 1. The van der Waals surface area contributed by atoms with Crippen molar-refractivity contribution in [3.05, 3.63) is 29.6 Å². The second-order valence-corrected chi connectivity index (χ2v) is 11.0. The van der Waals surface area contributed by atoms with Gasteiger partial charge < -0.3 is 9.47 Å². The van der Waals surface area contributed by atoms with Crippen LogP contribution < -0.4 is 4.74 Å². The van der Waals surface area contributed by atoms with Gasteiger partial charge in [0, 0.05) is 12.7 Å². The van der Waals surface area contributed by atoms with Gasteiger partial charge in [0.1, 0.15) is 17.6 Å². The minimum atomic E-state index is -0.664. The fourth-order valence-corrected chi connectivity index (χ4v) is 6.48. The van der Waals surface area contributed by atoms with E-state index in [4.69, 9.17) is 14.7 Å². The number of carbonyl (C=O) groups is 1. The van der Waals surface area contributed by atoms with Crippen LogP contribution in [0.3, 0.4) is 0 Å². The van der Waals surface area contributed by atoms with E-state index in [9.17, 15) is 9.18 Å². The Morgan fingerprint density at radius 2 is 1.56 bits per heavy atom. The second kappa shape index (κ2) is 12.2. The van der Waals surface area contributed by atoms with E-state index < -0.39 is 5.82 Å². The lowest BCUT2D eigenvalue weighted by molar-refractivity contribution is -0.141. The number of benzene rings is 1.